The molecule has 1 aliphatic rings. The fraction of sp³-hybridized carbons (Fsp3) is 0.350. The lowest BCUT2D eigenvalue weighted by Crippen LogP contribution is -2.28. The van der Waals surface area contributed by atoms with E-state index in [1.54, 1.807) is 11.3 Å². The number of nitrogens with zero attached hydrogens (tertiary/aromatic N) is 2. The van der Waals surface area contributed by atoms with E-state index >= 15 is 0 Å². The zero-order valence-corrected chi connectivity index (χ0v) is 17.7. The summed E-state index contributed by atoms with van der Waals surface area (Å²) in [4.78, 5) is 20.4. The zero-order chi connectivity index (χ0) is 19.5. The SMILES string of the molecule is NC(=O)CC1CCC(Nc2cccc(Nc3nc4ccc(Br)cc4s3)n2)CC1. The molecule has 2 heterocycles. The number of nitrogens with two attached hydrogens (primary N) is 1. The smallest absolute Gasteiger partial charge is 0.217 e. The maximum absolute atomic E-state index is 11.1. The van der Waals surface area contributed by atoms with Gasteiger partial charge in [-0.3, -0.25) is 4.79 Å². The van der Waals surface area contributed by atoms with Crippen LogP contribution in [-0.2, 0) is 4.79 Å². The highest BCUT2D eigenvalue weighted by atomic mass is 79.9. The van der Waals surface area contributed by atoms with E-state index < -0.39 is 0 Å². The van der Waals surface area contributed by atoms with Gasteiger partial charge in [-0.25, -0.2) is 9.97 Å². The molecule has 3 aromatic rings. The van der Waals surface area contributed by atoms with Crippen molar-refractivity contribution in [2.75, 3.05) is 10.6 Å². The van der Waals surface area contributed by atoms with Crippen molar-refractivity contribution in [1.29, 1.82) is 0 Å². The van der Waals surface area contributed by atoms with Gasteiger partial charge in [0, 0.05) is 16.9 Å². The number of carbonyl (C=O) groups is 1. The van der Waals surface area contributed by atoms with Crippen molar-refractivity contribution in [1.82, 2.24) is 9.97 Å². The molecule has 0 spiro atoms. The maximum atomic E-state index is 11.1. The monoisotopic (exact) mass is 459 g/mol. The number of thiazole rings is 1. The predicted molar refractivity (Wildman–Crippen MR) is 118 cm³/mol. The molecule has 0 radical (unpaired) electrons. The molecule has 2 aromatic heterocycles. The van der Waals surface area contributed by atoms with Gasteiger partial charge in [-0.2, -0.15) is 0 Å². The van der Waals surface area contributed by atoms with Gasteiger partial charge in [0.2, 0.25) is 5.91 Å². The van der Waals surface area contributed by atoms with Crippen LogP contribution in [0.5, 0.6) is 0 Å². The third-order valence-corrected chi connectivity index (χ3v) is 6.45. The summed E-state index contributed by atoms with van der Waals surface area (Å²) in [7, 11) is 0. The number of anilines is 3. The minimum atomic E-state index is -0.195. The van der Waals surface area contributed by atoms with Crippen LogP contribution < -0.4 is 16.4 Å². The molecule has 8 heteroatoms. The van der Waals surface area contributed by atoms with Crippen LogP contribution in [0.15, 0.2) is 40.9 Å². The molecular weight excluding hydrogens is 438 g/mol. The second-order valence-electron chi connectivity index (χ2n) is 7.20. The molecule has 6 nitrogen and oxygen atoms in total. The summed E-state index contributed by atoms with van der Waals surface area (Å²) >= 11 is 5.10. The highest BCUT2D eigenvalue weighted by Crippen LogP contribution is 2.31. The van der Waals surface area contributed by atoms with Crippen LogP contribution in [0, 0.1) is 5.92 Å². The van der Waals surface area contributed by atoms with Crippen molar-refractivity contribution in [3.8, 4) is 0 Å². The van der Waals surface area contributed by atoms with Gasteiger partial charge in [-0.15, -0.1) is 0 Å². The number of aromatic nitrogens is 2. The standard InChI is InChI=1S/C20H22BrN5OS/c21-13-6-9-15-16(11-13)28-20(24-15)26-19-3-1-2-18(25-19)23-14-7-4-12(5-8-14)10-17(22)27/h1-3,6,9,11-12,14H,4-5,7-8,10H2,(H2,22,27)(H2,23,24,25,26). The van der Waals surface area contributed by atoms with E-state index in [1.807, 2.05) is 30.3 Å². The Balaban J connectivity index is 1.38. The lowest BCUT2D eigenvalue weighted by molar-refractivity contribution is -0.119. The number of rotatable bonds is 6. The minimum absolute atomic E-state index is 0.195. The Labute approximate surface area is 176 Å². The van der Waals surface area contributed by atoms with Crippen LogP contribution in [0.2, 0.25) is 0 Å². The van der Waals surface area contributed by atoms with Gasteiger partial charge in [0.25, 0.3) is 0 Å². The first-order valence-corrected chi connectivity index (χ1v) is 11.0. The Kier molecular flexibility index (Phi) is 5.77. The van der Waals surface area contributed by atoms with Crippen LogP contribution in [0.25, 0.3) is 10.2 Å². The fourth-order valence-corrected chi connectivity index (χ4v) is 5.08. The highest BCUT2D eigenvalue weighted by molar-refractivity contribution is 9.10. The summed E-state index contributed by atoms with van der Waals surface area (Å²) in [5.74, 6) is 1.85. The lowest BCUT2D eigenvalue weighted by atomic mass is 9.84. The van der Waals surface area contributed by atoms with Gasteiger partial charge < -0.3 is 16.4 Å². The molecule has 0 aliphatic heterocycles. The van der Waals surface area contributed by atoms with E-state index in [-0.39, 0.29) is 5.91 Å². The lowest BCUT2D eigenvalue weighted by Gasteiger charge is -2.28. The molecular formula is C20H22BrN5OS. The quantitative estimate of drug-likeness (QED) is 0.479. The topological polar surface area (TPSA) is 92.9 Å². The third kappa shape index (κ3) is 4.80. The fourth-order valence-electron chi connectivity index (χ4n) is 3.65. The van der Waals surface area contributed by atoms with E-state index in [1.165, 1.54) is 0 Å². The van der Waals surface area contributed by atoms with E-state index in [4.69, 9.17) is 5.73 Å². The highest BCUT2D eigenvalue weighted by Gasteiger charge is 2.22. The molecule has 1 saturated carbocycles. The van der Waals surface area contributed by atoms with Crippen molar-refractivity contribution in [2.24, 2.45) is 11.7 Å². The van der Waals surface area contributed by atoms with Crippen LogP contribution in [-0.4, -0.2) is 21.9 Å². The van der Waals surface area contributed by atoms with Gasteiger partial charge >= 0.3 is 0 Å². The number of fused-ring (bicyclic) bond motifs is 1. The molecule has 1 aromatic carbocycles. The first-order chi connectivity index (χ1) is 13.5. The second kappa shape index (κ2) is 8.45. The molecule has 4 rings (SSSR count). The number of pyridine rings is 1. The van der Waals surface area contributed by atoms with Gasteiger partial charge in [0.05, 0.1) is 10.2 Å². The van der Waals surface area contributed by atoms with Crippen molar-refractivity contribution < 1.29 is 4.79 Å². The maximum Gasteiger partial charge on any atom is 0.217 e. The average molecular weight is 460 g/mol. The molecule has 146 valence electrons. The third-order valence-electron chi connectivity index (χ3n) is 5.02. The van der Waals surface area contributed by atoms with Crippen molar-refractivity contribution in [2.45, 2.75) is 38.1 Å². The Morgan fingerprint density at radius 2 is 1.93 bits per heavy atom. The normalized spacial score (nSPS) is 19.5. The van der Waals surface area contributed by atoms with E-state index in [0.29, 0.717) is 18.4 Å². The predicted octanol–water partition coefficient (Wildman–Crippen LogP) is 5.04. The molecule has 1 fully saturated rings. The summed E-state index contributed by atoms with van der Waals surface area (Å²) in [5, 5.41) is 7.66. The van der Waals surface area contributed by atoms with Crippen molar-refractivity contribution in [3.63, 3.8) is 0 Å². The molecule has 1 aliphatic carbocycles. The van der Waals surface area contributed by atoms with Crippen LogP contribution in [0.4, 0.5) is 16.8 Å². The number of nitrogens with one attached hydrogen (secondary N) is 2. The summed E-state index contributed by atoms with van der Waals surface area (Å²) in [6.45, 7) is 0. The molecule has 0 unspecified atom stereocenters. The van der Waals surface area contributed by atoms with E-state index in [0.717, 1.165) is 57.1 Å². The summed E-state index contributed by atoms with van der Waals surface area (Å²) < 4.78 is 2.17. The number of hydrogen-bond acceptors (Lipinski definition) is 6. The van der Waals surface area contributed by atoms with Gasteiger partial charge in [0.15, 0.2) is 5.13 Å². The summed E-state index contributed by atoms with van der Waals surface area (Å²) in [6, 6.07) is 12.4. The van der Waals surface area contributed by atoms with Crippen molar-refractivity contribution in [3.05, 3.63) is 40.9 Å². The number of hydrogen-bond donors (Lipinski definition) is 3. The Bertz CT molecular complexity index is 984. The van der Waals surface area contributed by atoms with Crippen LogP contribution >= 0.6 is 27.3 Å². The zero-order valence-electron chi connectivity index (χ0n) is 15.3. The molecule has 1 amide bonds. The molecule has 0 bridgehead atoms. The van der Waals surface area contributed by atoms with Gasteiger partial charge in [-0.1, -0.05) is 33.3 Å². The Morgan fingerprint density at radius 3 is 2.71 bits per heavy atom. The molecule has 28 heavy (non-hydrogen) atoms. The largest absolute Gasteiger partial charge is 0.370 e. The van der Waals surface area contributed by atoms with E-state index in [2.05, 4.69) is 42.6 Å². The van der Waals surface area contributed by atoms with Crippen LogP contribution in [0.3, 0.4) is 0 Å². The summed E-state index contributed by atoms with van der Waals surface area (Å²) in [6.07, 6.45) is 4.62. The van der Waals surface area contributed by atoms with E-state index in [9.17, 15) is 4.79 Å². The number of halogens is 1. The van der Waals surface area contributed by atoms with Gasteiger partial charge in [-0.05, 0) is 61.9 Å². The average Bonchev–Trinajstić information content (AvgIpc) is 3.04. The van der Waals surface area contributed by atoms with Gasteiger partial charge in [0.1, 0.15) is 11.6 Å². The second-order valence-corrected chi connectivity index (χ2v) is 9.14. The van der Waals surface area contributed by atoms with Crippen molar-refractivity contribution >= 4 is 60.2 Å². The molecule has 4 N–H and O–H groups in total. The Morgan fingerprint density at radius 1 is 1.14 bits per heavy atom. The molecule has 0 atom stereocenters. The van der Waals surface area contributed by atoms with Crippen LogP contribution in [0.1, 0.15) is 32.1 Å². The number of carbonyl (C=O) groups excluding carboxylic acids is 1. The minimum Gasteiger partial charge on any atom is -0.370 e. The number of benzene rings is 1. The molecule has 0 saturated heterocycles. The first-order valence-electron chi connectivity index (χ1n) is 9.40. The number of primary amides is 1. The Hall–Kier alpha value is -2.19. The summed E-state index contributed by atoms with van der Waals surface area (Å²) in [5.41, 5.74) is 6.29. The number of amides is 1. The first kappa shape index (κ1) is 19.1.